The number of ether oxygens (including phenoxy) is 4. The van der Waals surface area contributed by atoms with Gasteiger partial charge in [-0.25, -0.2) is 14.0 Å². The van der Waals surface area contributed by atoms with Gasteiger partial charge in [0, 0.05) is 37.6 Å². The molecule has 0 aromatic heterocycles. The number of anilines is 1. The number of likely N-dealkylation sites (tertiary alicyclic amines) is 1. The second kappa shape index (κ2) is 12.2. The molecule has 0 bridgehead atoms. The van der Waals surface area contributed by atoms with Crippen LogP contribution in [0.15, 0.2) is 18.2 Å². The molecular formula is C28H40FN3O6. The maximum Gasteiger partial charge on any atom is 0.414 e. The Labute approximate surface area is 223 Å². The first-order valence-corrected chi connectivity index (χ1v) is 14.0. The lowest BCUT2D eigenvalue weighted by Gasteiger charge is -2.43. The maximum absolute atomic E-state index is 14.4. The van der Waals surface area contributed by atoms with Crippen LogP contribution in [-0.4, -0.2) is 88.4 Å². The van der Waals surface area contributed by atoms with E-state index in [2.05, 4.69) is 10.2 Å². The Hall–Kier alpha value is -2.43. The summed E-state index contributed by atoms with van der Waals surface area (Å²) in [5.74, 6) is -0.278. The summed E-state index contributed by atoms with van der Waals surface area (Å²) < 4.78 is 35.7. The number of fused-ring (bicyclic) bond motifs is 2. The van der Waals surface area contributed by atoms with Crippen molar-refractivity contribution in [3.8, 4) is 0 Å². The van der Waals surface area contributed by atoms with E-state index < -0.39 is 0 Å². The van der Waals surface area contributed by atoms with Crippen LogP contribution in [0.5, 0.6) is 0 Å². The lowest BCUT2D eigenvalue weighted by Crippen LogP contribution is -2.50. The molecular weight excluding hydrogens is 493 g/mol. The van der Waals surface area contributed by atoms with Gasteiger partial charge in [0.05, 0.1) is 25.5 Å². The molecule has 1 saturated carbocycles. The Kier molecular flexibility index (Phi) is 8.70. The van der Waals surface area contributed by atoms with Gasteiger partial charge >= 0.3 is 12.2 Å². The lowest BCUT2D eigenvalue weighted by molar-refractivity contribution is 0.0831. The predicted molar refractivity (Wildman–Crippen MR) is 139 cm³/mol. The third-order valence-corrected chi connectivity index (χ3v) is 8.67. The molecule has 3 aliphatic heterocycles. The fourth-order valence-corrected chi connectivity index (χ4v) is 6.58. The van der Waals surface area contributed by atoms with Crippen LogP contribution in [0.1, 0.15) is 56.9 Å². The maximum atomic E-state index is 14.4. The molecule has 3 heterocycles. The molecule has 2 amide bonds. The van der Waals surface area contributed by atoms with Crippen LogP contribution in [0.2, 0.25) is 0 Å². The molecule has 1 aliphatic carbocycles. The molecule has 3 atom stereocenters. The summed E-state index contributed by atoms with van der Waals surface area (Å²) in [6.45, 7) is 3.90. The number of piperidine rings is 1. The van der Waals surface area contributed by atoms with Crippen LogP contribution in [0.25, 0.3) is 0 Å². The second-order valence-electron chi connectivity index (χ2n) is 11.1. The van der Waals surface area contributed by atoms with Crippen molar-refractivity contribution in [1.29, 1.82) is 0 Å². The summed E-state index contributed by atoms with van der Waals surface area (Å²) in [6.07, 6.45) is 6.54. The highest BCUT2D eigenvalue weighted by molar-refractivity contribution is 5.91. The highest BCUT2D eigenvalue weighted by Crippen LogP contribution is 2.48. The molecule has 5 rings (SSSR count). The number of halogens is 1. The van der Waals surface area contributed by atoms with Crippen molar-refractivity contribution in [2.45, 2.75) is 75.0 Å². The molecule has 10 heteroatoms. The molecule has 2 saturated heterocycles. The average molecular weight is 534 g/mol. The van der Waals surface area contributed by atoms with Gasteiger partial charge in [0.1, 0.15) is 18.5 Å². The zero-order valence-corrected chi connectivity index (χ0v) is 22.3. The molecule has 4 aliphatic rings. The quantitative estimate of drug-likeness (QED) is 0.437. The number of nitrogens with zero attached hydrogens (tertiary/aromatic N) is 2. The number of rotatable bonds is 6. The predicted octanol–water partition coefficient (Wildman–Crippen LogP) is 3.98. The van der Waals surface area contributed by atoms with E-state index in [-0.39, 0.29) is 42.2 Å². The first-order chi connectivity index (χ1) is 18.5. The third-order valence-electron chi connectivity index (χ3n) is 8.67. The number of alkyl carbamates (subject to hydrolysis) is 1. The molecule has 1 N–H and O–H groups in total. The zero-order chi connectivity index (χ0) is 26.5. The van der Waals surface area contributed by atoms with Crippen LogP contribution in [0.3, 0.4) is 0 Å². The molecule has 2 unspecified atom stereocenters. The van der Waals surface area contributed by atoms with E-state index in [0.717, 1.165) is 69.3 Å². The lowest BCUT2D eigenvalue weighted by atomic mass is 9.74. The van der Waals surface area contributed by atoms with Gasteiger partial charge in [0.25, 0.3) is 0 Å². The van der Waals surface area contributed by atoms with Crippen molar-refractivity contribution in [2.24, 2.45) is 0 Å². The first-order valence-electron chi connectivity index (χ1n) is 14.0. The number of amides is 2. The minimum absolute atomic E-state index is 0.0829. The van der Waals surface area contributed by atoms with Crippen LogP contribution < -0.4 is 10.2 Å². The van der Waals surface area contributed by atoms with Crippen LogP contribution in [0, 0.1) is 5.82 Å². The summed E-state index contributed by atoms with van der Waals surface area (Å²) in [6, 6.07) is 5.20. The molecule has 38 heavy (non-hydrogen) atoms. The van der Waals surface area contributed by atoms with Crippen molar-refractivity contribution in [1.82, 2.24) is 10.2 Å². The standard InChI is InChI=1S/C28H40FN3O6/c1-35-14-15-37-26(33)30-21-4-2-3-5-22(17-21)31-11-9-28(10-12-31)19-32(25-7-6-20(29)16-24(25)28)27(34)38-23-8-13-36-18-23/h6-7,16,21-23H,2-5,8-15,17-19H2,1H3,(H,30,33)/t21?,22?,23-/m1/s1. The third kappa shape index (κ3) is 6.07. The van der Waals surface area contributed by atoms with Crippen molar-refractivity contribution in [3.63, 3.8) is 0 Å². The van der Waals surface area contributed by atoms with Crippen molar-refractivity contribution >= 4 is 17.9 Å². The molecule has 1 aromatic carbocycles. The van der Waals surface area contributed by atoms with Crippen LogP contribution in [-0.2, 0) is 24.4 Å². The molecule has 1 aromatic rings. The van der Waals surface area contributed by atoms with E-state index in [0.29, 0.717) is 38.8 Å². The minimum atomic E-state index is -0.383. The Morgan fingerprint density at radius 3 is 2.74 bits per heavy atom. The highest BCUT2D eigenvalue weighted by Gasteiger charge is 2.48. The zero-order valence-electron chi connectivity index (χ0n) is 22.3. The van der Waals surface area contributed by atoms with Gasteiger partial charge in [-0.05, 0) is 69.0 Å². The molecule has 210 valence electrons. The summed E-state index contributed by atoms with van der Waals surface area (Å²) >= 11 is 0. The molecule has 9 nitrogen and oxygen atoms in total. The minimum Gasteiger partial charge on any atom is -0.447 e. The van der Waals surface area contributed by atoms with Gasteiger partial charge in [0.2, 0.25) is 0 Å². The van der Waals surface area contributed by atoms with Crippen LogP contribution >= 0.6 is 0 Å². The van der Waals surface area contributed by atoms with E-state index in [9.17, 15) is 14.0 Å². The summed E-state index contributed by atoms with van der Waals surface area (Å²) in [4.78, 5) is 29.6. The Balaban J connectivity index is 1.22. The number of carbonyl (C=O) groups is 2. The number of hydrogen-bond donors (Lipinski definition) is 1. The summed E-state index contributed by atoms with van der Waals surface area (Å²) in [5, 5.41) is 3.05. The van der Waals surface area contributed by atoms with Crippen molar-refractivity contribution < 1.29 is 32.9 Å². The SMILES string of the molecule is COCCOC(=O)NC1CCCCC(N2CCC3(CC2)CN(C(=O)O[C@@H]2CCOC2)c2ccc(F)cc23)C1. The largest absolute Gasteiger partial charge is 0.447 e. The average Bonchev–Trinajstić information content (AvgIpc) is 3.45. The van der Waals surface area contributed by atoms with Crippen LogP contribution in [0.4, 0.5) is 19.7 Å². The fraction of sp³-hybridized carbons (Fsp3) is 0.714. The van der Waals surface area contributed by atoms with Crippen molar-refractivity contribution in [2.75, 3.05) is 58.1 Å². The van der Waals surface area contributed by atoms with E-state index in [1.165, 1.54) is 6.07 Å². The number of methoxy groups -OCH3 is 1. The van der Waals surface area contributed by atoms with Gasteiger partial charge in [-0.1, -0.05) is 12.8 Å². The highest BCUT2D eigenvalue weighted by atomic mass is 19.1. The molecule has 1 spiro atoms. The Morgan fingerprint density at radius 1 is 1.16 bits per heavy atom. The fourth-order valence-electron chi connectivity index (χ4n) is 6.58. The van der Waals surface area contributed by atoms with Crippen molar-refractivity contribution in [3.05, 3.63) is 29.6 Å². The smallest absolute Gasteiger partial charge is 0.414 e. The first kappa shape index (κ1) is 27.1. The van der Waals surface area contributed by atoms with E-state index >= 15 is 0 Å². The summed E-state index contributed by atoms with van der Waals surface area (Å²) in [5.41, 5.74) is 1.39. The van der Waals surface area contributed by atoms with Gasteiger partial charge < -0.3 is 29.2 Å². The number of nitrogens with one attached hydrogen (secondary N) is 1. The normalized spacial score (nSPS) is 27.1. The van der Waals surface area contributed by atoms with Gasteiger partial charge in [0.15, 0.2) is 0 Å². The Morgan fingerprint density at radius 2 is 1.97 bits per heavy atom. The summed E-state index contributed by atoms with van der Waals surface area (Å²) in [7, 11) is 1.58. The topological polar surface area (TPSA) is 89.6 Å². The molecule has 0 radical (unpaired) electrons. The van der Waals surface area contributed by atoms with E-state index in [1.807, 2.05) is 0 Å². The van der Waals surface area contributed by atoms with E-state index in [1.54, 1.807) is 24.1 Å². The second-order valence-corrected chi connectivity index (χ2v) is 11.1. The van der Waals surface area contributed by atoms with Gasteiger partial charge in [-0.15, -0.1) is 0 Å². The number of benzene rings is 1. The number of carbonyl (C=O) groups excluding carboxylic acids is 2. The van der Waals surface area contributed by atoms with E-state index in [4.69, 9.17) is 18.9 Å². The Bertz CT molecular complexity index is 979. The van der Waals surface area contributed by atoms with Gasteiger partial charge in [-0.2, -0.15) is 0 Å². The molecule has 3 fully saturated rings. The monoisotopic (exact) mass is 533 g/mol. The number of hydrogen-bond acceptors (Lipinski definition) is 7. The van der Waals surface area contributed by atoms with Gasteiger partial charge in [-0.3, -0.25) is 4.90 Å².